The molecule has 0 radical (unpaired) electrons. The molecule has 168 valence electrons. The quantitative estimate of drug-likeness (QED) is 0.573. The molecule has 32 heavy (non-hydrogen) atoms. The lowest BCUT2D eigenvalue weighted by Crippen LogP contribution is -2.51. The van der Waals surface area contributed by atoms with E-state index in [1.807, 2.05) is 50.4 Å². The second-order valence-electron chi connectivity index (χ2n) is 7.70. The molecule has 9 heteroatoms. The van der Waals surface area contributed by atoms with Crippen molar-refractivity contribution in [3.8, 4) is 0 Å². The summed E-state index contributed by atoms with van der Waals surface area (Å²) in [6.07, 6.45) is 1.70. The van der Waals surface area contributed by atoms with Crippen molar-refractivity contribution in [3.63, 3.8) is 0 Å². The number of hydrogen-bond donors (Lipinski definition) is 2. The highest BCUT2D eigenvalue weighted by atomic mass is 32.2. The molecule has 0 unspecified atom stereocenters. The van der Waals surface area contributed by atoms with Gasteiger partial charge in [-0.1, -0.05) is 37.6 Å². The first-order chi connectivity index (χ1) is 15.3. The van der Waals surface area contributed by atoms with Gasteiger partial charge in [0.05, 0.1) is 4.91 Å². The van der Waals surface area contributed by atoms with Crippen molar-refractivity contribution in [3.05, 3.63) is 62.7 Å². The van der Waals surface area contributed by atoms with E-state index in [1.165, 1.54) is 11.3 Å². The normalized spacial score (nSPS) is 16.0. The van der Waals surface area contributed by atoms with E-state index in [-0.39, 0.29) is 42.0 Å². The molecule has 0 aliphatic carbocycles. The lowest BCUT2D eigenvalue weighted by atomic mass is 10.0. The molecule has 0 bridgehead atoms. The fourth-order valence-corrected chi connectivity index (χ4v) is 4.65. The highest BCUT2D eigenvalue weighted by Gasteiger charge is 2.35. The summed E-state index contributed by atoms with van der Waals surface area (Å²) in [5.41, 5.74) is 1.52. The third kappa shape index (κ3) is 5.86. The van der Waals surface area contributed by atoms with Crippen LogP contribution in [-0.2, 0) is 9.59 Å². The van der Waals surface area contributed by atoms with E-state index < -0.39 is 6.04 Å². The maximum atomic E-state index is 12.7. The first kappa shape index (κ1) is 23.7. The minimum atomic E-state index is -0.738. The van der Waals surface area contributed by atoms with Crippen LogP contribution in [0.1, 0.15) is 34.6 Å². The molecule has 1 aliphatic heterocycles. The van der Waals surface area contributed by atoms with Crippen molar-refractivity contribution in [1.29, 1.82) is 0 Å². The van der Waals surface area contributed by atoms with Gasteiger partial charge < -0.3 is 10.6 Å². The fourth-order valence-electron chi connectivity index (χ4n) is 3.06. The molecule has 1 fully saturated rings. The van der Waals surface area contributed by atoms with Gasteiger partial charge in [-0.05, 0) is 54.3 Å². The molecule has 2 heterocycles. The van der Waals surface area contributed by atoms with Crippen molar-refractivity contribution in [2.24, 2.45) is 5.92 Å². The van der Waals surface area contributed by atoms with Crippen molar-refractivity contribution in [1.82, 2.24) is 15.5 Å². The predicted molar refractivity (Wildman–Crippen MR) is 127 cm³/mol. The number of amides is 4. The topological polar surface area (TPSA) is 95.6 Å². The summed E-state index contributed by atoms with van der Waals surface area (Å²) >= 11 is 2.37. The van der Waals surface area contributed by atoms with Gasteiger partial charge in [-0.2, -0.15) is 0 Å². The van der Waals surface area contributed by atoms with Crippen LogP contribution in [0.15, 0.2) is 46.7 Å². The number of thiophene rings is 1. The van der Waals surface area contributed by atoms with Crippen molar-refractivity contribution < 1.29 is 19.2 Å². The van der Waals surface area contributed by atoms with E-state index in [9.17, 15) is 19.2 Å². The zero-order valence-electron chi connectivity index (χ0n) is 18.1. The molecule has 0 saturated carbocycles. The zero-order chi connectivity index (χ0) is 23.3. The van der Waals surface area contributed by atoms with Crippen molar-refractivity contribution in [2.45, 2.75) is 26.8 Å². The van der Waals surface area contributed by atoms with Gasteiger partial charge in [-0.15, -0.1) is 11.3 Å². The van der Waals surface area contributed by atoms with Gasteiger partial charge in [0.15, 0.2) is 0 Å². The van der Waals surface area contributed by atoms with Gasteiger partial charge in [-0.3, -0.25) is 24.1 Å². The lowest BCUT2D eigenvalue weighted by Gasteiger charge is -2.22. The van der Waals surface area contributed by atoms with Crippen LogP contribution in [0.2, 0.25) is 0 Å². The minimum absolute atomic E-state index is 0.0644. The third-order valence-corrected chi connectivity index (χ3v) is 6.60. The molecule has 2 aromatic rings. The summed E-state index contributed by atoms with van der Waals surface area (Å²) in [5, 5.41) is 7.04. The molecule has 4 amide bonds. The Labute approximate surface area is 195 Å². The summed E-state index contributed by atoms with van der Waals surface area (Å²) in [7, 11) is 0. The monoisotopic (exact) mass is 471 g/mol. The smallest absolute Gasteiger partial charge is 0.293 e. The standard InChI is InChI=1S/C23H25N3O4S2/c1-14(2)19(25-20(27)16-8-6-15(3)7-9-16)21(28)24-10-11-26-22(29)18(32-23(26)30)13-17-5-4-12-31-17/h4-9,12-14,19H,10-11H2,1-3H3,(H,24,28)(H,25,27)/b18-13-/t19-/m1/s1. The Morgan fingerprint density at radius 2 is 1.84 bits per heavy atom. The number of nitrogens with zero attached hydrogens (tertiary/aromatic N) is 1. The molecule has 7 nitrogen and oxygen atoms in total. The predicted octanol–water partition coefficient (Wildman–Crippen LogP) is 3.66. The highest BCUT2D eigenvalue weighted by Crippen LogP contribution is 2.32. The molecule has 1 saturated heterocycles. The van der Waals surface area contributed by atoms with Crippen LogP contribution in [-0.4, -0.2) is 47.0 Å². The SMILES string of the molecule is Cc1ccc(C(=O)N[C@@H](C(=O)NCCN2C(=O)S/C(=C\c3cccs3)C2=O)C(C)C)cc1. The second-order valence-corrected chi connectivity index (χ2v) is 9.67. The summed E-state index contributed by atoms with van der Waals surface area (Å²) in [5.74, 6) is -1.20. The summed E-state index contributed by atoms with van der Waals surface area (Å²) in [4.78, 5) is 52.4. The van der Waals surface area contributed by atoms with Crippen LogP contribution in [0, 0.1) is 12.8 Å². The molecule has 1 aliphatic rings. The number of aryl methyl sites for hydroxylation is 1. The van der Waals surface area contributed by atoms with Crippen LogP contribution in [0.25, 0.3) is 6.08 Å². The van der Waals surface area contributed by atoms with Gasteiger partial charge in [0.1, 0.15) is 6.04 Å². The number of hydrogen-bond acceptors (Lipinski definition) is 6. The van der Waals surface area contributed by atoms with E-state index in [1.54, 1.807) is 18.2 Å². The largest absolute Gasteiger partial charge is 0.353 e. The first-order valence-corrected chi connectivity index (χ1v) is 11.9. The number of nitrogens with one attached hydrogen (secondary N) is 2. The third-order valence-electron chi connectivity index (χ3n) is 4.87. The van der Waals surface area contributed by atoms with Gasteiger partial charge in [0.2, 0.25) is 5.91 Å². The molecule has 0 spiro atoms. The molecule has 3 rings (SSSR count). The van der Waals surface area contributed by atoms with Crippen LogP contribution >= 0.6 is 23.1 Å². The Kier molecular flexibility index (Phi) is 7.87. The number of imide groups is 1. The number of carbonyl (C=O) groups excluding carboxylic acids is 4. The summed E-state index contributed by atoms with van der Waals surface area (Å²) < 4.78 is 0. The molecular weight excluding hydrogens is 446 g/mol. The first-order valence-electron chi connectivity index (χ1n) is 10.2. The van der Waals surface area contributed by atoms with Crippen LogP contribution in [0.3, 0.4) is 0 Å². The van der Waals surface area contributed by atoms with Gasteiger partial charge in [0.25, 0.3) is 17.1 Å². The van der Waals surface area contributed by atoms with Crippen LogP contribution in [0.4, 0.5) is 4.79 Å². The average molecular weight is 472 g/mol. The van der Waals surface area contributed by atoms with Crippen LogP contribution in [0.5, 0.6) is 0 Å². The molecule has 1 atom stereocenters. The number of thioether (sulfide) groups is 1. The second kappa shape index (κ2) is 10.6. The number of benzene rings is 1. The van der Waals surface area contributed by atoms with E-state index >= 15 is 0 Å². The van der Waals surface area contributed by atoms with E-state index in [4.69, 9.17) is 0 Å². The Morgan fingerprint density at radius 3 is 2.47 bits per heavy atom. The van der Waals surface area contributed by atoms with E-state index in [0.29, 0.717) is 10.5 Å². The molecular formula is C23H25N3O4S2. The molecule has 2 N–H and O–H groups in total. The summed E-state index contributed by atoms with van der Waals surface area (Å²) in [6, 6.07) is 10.1. The number of carbonyl (C=O) groups is 4. The lowest BCUT2D eigenvalue weighted by molar-refractivity contribution is -0.125. The van der Waals surface area contributed by atoms with Crippen molar-refractivity contribution >= 4 is 52.1 Å². The molecule has 1 aromatic heterocycles. The fraction of sp³-hybridized carbons (Fsp3) is 0.304. The molecule has 1 aromatic carbocycles. The maximum Gasteiger partial charge on any atom is 0.293 e. The van der Waals surface area contributed by atoms with E-state index in [2.05, 4.69) is 10.6 Å². The highest BCUT2D eigenvalue weighted by molar-refractivity contribution is 8.18. The number of rotatable bonds is 8. The minimum Gasteiger partial charge on any atom is -0.353 e. The van der Waals surface area contributed by atoms with E-state index in [0.717, 1.165) is 27.1 Å². The average Bonchev–Trinajstić information content (AvgIpc) is 3.35. The van der Waals surface area contributed by atoms with Gasteiger partial charge in [0, 0.05) is 23.5 Å². The Balaban J connectivity index is 1.55. The zero-order valence-corrected chi connectivity index (χ0v) is 19.7. The summed E-state index contributed by atoms with van der Waals surface area (Å²) in [6.45, 7) is 5.78. The maximum absolute atomic E-state index is 12.7. The van der Waals surface area contributed by atoms with Crippen LogP contribution < -0.4 is 10.6 Å². The Bertz CT molecular complexity index is 1030. The van der Waals surface area contributed by atoms with Crippen molar-refractivity contribution in [2.75, 3.05) is 13.1 Å². The van der Waals surface area contributed by atoms with Gasteiger partial charge in [-0.25, -0.2) is 0 Å². The Morgan fingerprint density at radius 1 is 1.12 bits per heavy atom. The van der Waals surface area contributed by atoms with Gasteiger partial charge >= 0.3 is 0 Å². The Hall–Kier alpha value is -2.91.